The number of benzene rings is 2. The van der Waals surface area contributed by atoms with Gasteiger partial charge < -0.3 is 18.9 Å². The normalized spacial score (nSPS) is 15.7. The van der Waals surface area contributed by atoms with Crippen molar-refractivity contribution in [1.82, 2.24) is 14.7 Å². The highest BCUT2D eigenvalue weighted by atomic mass is 79.9. The second-order valence-corrected chi connectivity index (χ2v) is 8.64. The molecule has 2 aromatic heterocycles. The summed E-state index contributed by atoms with van der Waals surface area (Å²) >= 11 is 3.16. The molecule has 0 bridgehead atoms. The van der Waals surface area contributed by atoms with Crippen LogP contribution in [-0.4, -0.2) is 32.1 Å². The van der Waals surface area contributed by atoms with Crippen LogP contribution in [0.1, 0.15) is 24.5 Å². The fraction of sp³-hybridized carbons (Fsp3) is 0.227. The van der Waals surface area contributed by atoms with Crippen molar-refractivity contribution in [3.8, 4) is 28.6 Å². The number of carbonyl (C=O) groups is 1. The summed E-state index contributed by atoms with van der Waals surface area (Å²) in [6, 6.07) is 11.5. The maximum Gasteiger partial charge on any atom is 0.573 e. The topological polar surface area (TPSA) is 90.4 Å². The summed E-state index contributed by atoms with van der Waals surface area (Å²) in [6.45, 7) is 0.758. The lowest BCUT2D eigenvalue weighted by atomic mass is 10.0. The highest BCUT2D eigenvalue weighted by Crippen LogP contribution is 2.38. The van der Waals surface area contributed by atoms with E-state index in [0.717, 1.165) is 29.6 Å². The minimum Gasteiger partial charge on any atom is -0.481 e. The molecule has 2 aromatic carbocycles. The Kier molecular flexibility index (Phi) is 5.15. The van der Waals surface area contributed by atoms with Gasteiger partial charge in [-0.25, -0.2) is 0 Å². The summed E-state index contributed by atoms with van der Waals surface area (Å²) in [6.07, 6.45) is -3.95. The van der Waals surface area contributed by atoms with Gasteiger partial charge in [0.05, 0.1) is 6.42 Å². The molecule has 33 heavy (non-hydrogen) atoms. The number of aryl methyl sites for hydroxylation is 1. The molecular formula is C22H15BrF3N3O4. The fourth-order valence-corrected chi connectivity index (χ4v) is 4.68. The molecule has 1 aliphatic heterocycles. The van der Waals surface area contributed by atoms with Gasteiger partial charge in [-0.05, 0) is 48.9 Å². The summed E-state index contributed by atoms with van der Waals surface area (Å²) in [5.41, 5.74) is 2.91. The van der Waals surface area contributed by atoms with Crippen LogP contribution in [0, 0.1) is 0 Å². The van der Waals surface area contributed by atoms with Crippen LogP contribution in [0.3, 0.4) is 0 Å². The van der Waals surface area contributed by atoms with Gasteiger partial charge in [0.1, 0.15) is 5.75 Å². The molecule has 4 aromatic rings. The van der Waals surface area contributed by atoms with E-state index in [2.05, 4.69) is 35.4 Å². The minimum absolute atomic E-state index is 0.0280. The van der Waals surface area contributed by atoms with Crippen LogP contribution in [-0.2, 0) is 11.3 Å². The van der Waals surface area contributed by atoms with Crippen molar-refractivity contribution in [3.63, 3.8) is 0 Å². The molecule has 1 atom stereocenters. The predicted molar refractivity (Wildman–Crippen MR) is 115 cm³/mol. The summed E-state index contributed by atoms with van der Waals surface area (Å²) in [5.74, 6) is -0.944. The number of nitrogens with zero attached hydrogens (tertiary/aromatic N) is 3. The van der Waals surface area contributed by atoms with E-state index in [4.69, 9.17) is 9.63 Å². The molecule has 7 nitrogen and oxygen atoms in total. The number of hydrogen-bond donors (Lipinski definition) is 1. The van der Waals surface area contributed by atoms with Crippen LogP contribution in [0.25, 0.3) is 33.7 Å². The van der Waals surface area contributed by atoms with E-state index in [1.54, 1.807) is 6.07 Å². The second-order valence-electron chi connectivity index (χ2n) is 7.72. The number of rotatable bonds is 5. The average Bonchev–Trinajstić information content (AvgIpc) is 3.41. The Morgan fingerprint density at radius 2 is 2.03 bits per heavy atom. The van der Waals surface area contributed by atoms with E-state index in [1.807, 2.05) is 24.3 Å². The van der Waals surface area contributed by atoms with Gasteiger partial charge in [-0.1, -0.05) is 21.1 Å². The first-order valence-corrected chi connectivity index (χ1v) is 10.7. The zero-order valence-corrected chi connectivity index (χ0v) is 18.4. The molecule has 0 radical (unpaired) electrons. The standard InChI is InChI=1S/C22H15BrF3N3O4/c23-15-6-14(7-16(10-15)32-22(24,25)26)21-27-20(28-33-21)12-1-2-17-13(5-12)8-18-11(9-19(30)31)3-4-29(17)18/h1-2,5-8,10-11H,3-4,9H2,(H,30,31)/t11-/m1/s1. The van der Waals surface area contributed by atoms with E-state index in [9.17, 15) is 18.0 Å². The van der Waals surface area contributed by atoms with Crippen molar-refractivity contribution >= 4 is 32.8 Å². The number of alkyl halides is 3. The van der Waals surface area contributed by atoms with Gasteiger partial charge in [0.2, 0.25) is 5.82 Å². The summed E-state index contributed by atoms with van der Waals surface area (Å²) in [4.78, 5) is 15.5. The molecule has 0 unspecified atom stereocenters. The Morgan fingerprint density at radius 1 is 1.21 bits per heavy atom. The lowest BCUT2D eigenvalue weighted by molar-refractivity contribution is -0.274. The van der Waals surface area contributed by atoms with E-state index in [0.29, 0.717) is 10.0 Å². The molecular weight excluding hydrogens is 507 g/mol. The Hall–Kier alpha value is -3.34. The molecule has 0 amide bonds. The second kappa shape index (κ2) is 7.91. The van der Waals surface area contributed by atoms with Gasteiger partial charge in [-0.15, -0.1) is 13.2 Å². The number of aliphatic carboxylic acids is 1. The van der Waals surface area contributed by atoms with Crippen molar-refractivity contribution in [2.45, 2.75) is 31.7 Å². The Morgan fingerprint density at radius 3 is 2.79 bits per heavy atom. The molecule has 0 fully saturated rings. The van der Waals surface area contributed by atoms with E-state index in [1.165, 1.54) is 12.1 Å². The van der Waals surface area contributed by atoms with Crippen LogP contribution in [0.4, 0.5) is 13.2 Å². The number of aromatic nitrogens is 3. The van der Waals surface area contributed by atoms with Crippen molar-refractivity contribution in [2.75, 3.05) is 0 Å². The van der Waals surface area contributed by atoms with Crippen LogP contribution in [0.15, 0.2) is 51.5 Å². The molecule has 170 valence electrons. The molecule has 0 saturated heterocycles. The van der Waals surface area contributed by atoms with Crippen LogP contribution < -0.4 is 4.74 Å². The fourth-order valence-electron chi connectivity index (χ4n) is 4.21. The molecule has 1 aliphatic rings. The zero-order chi connectivity index (χ0) is 23.3. The Labute approximate surface area is 192 Å². The first-order chi connectivity index (χ1) is 15.7. The SMILES string of the molecule is O=C(O)C[C@H]1CCn2c1cc1cc(-c3noc(-c4cc(Br)cc(OC(F)(F)F)c4)n3)ccc12. The maximum absolute atomic E-state index is 12.6. The predicted octanol–water partition coefficient (Wildman–Crippen LogP) is 5.98. The maximum atomic E-state index is 12.6. The molecule has 0 saturated carbocycles. The number of ether oxygens (including phenoxy) is 1. The van der Waals surface area contributed by atoms with Gasteiger partial charge in [-0.3, -0.25) is 4.79 Å². The Balaban J connectivity index is 1.46. The van der Waals surface area contributed by atoms with E-state index in [-0.39, 0.29) is 29.6 Å². The summed E-state index contributed by atoms with van der Waals surface area (Å²) in [7, 11) is 0. The van der Waals surface area contributed by atoms with Crippen LogP contribution >= 0.6 is 15.9 Å². The van der Waals surface area contributed by atoms with Crippen molar-refractivity contribution in [1.29, 1.82) is 0 Å². The van der Waals surface area contributed by atoms with E-state index >= 15 is 0 Å². The number of hydrogen-bond acceptors (Lipinski definition) is 5. The van der Waals surface area contributed by atoms with Gasteiger partial charge in [0, 0.05) is 44.7 Å². The zero-order valence-electron chi connectivity index (χ0n) is 16.8. The van der Waals surface area contributed by atoms with Gasteiger partial charge in [0.25, 0.3) is 5.89 Å². The smallest absolute Gasteiger partial charge is 0.481 e. The van der Waals surface area contributed by atoms with Crippen molar-refractivity contribution in [2.24, 2.45) is 0 Å². The van der Waals surface area contributed by atoms with Gasteiger partial charge in [0.15, 0.2) is 0 Å². The largest absolute Gasteiger partial charge is 0.573 e. The third kappa shape index (κ3) is 4.32. The van der Waals surface area contributed by atoms with Gasteiger partial charge >= 0.3 is 12.3 Å². The van der Waals surface area contributed by atoms with Gasteiger partial charge in [-0.2, -0.15) is 4.98 Å². The molecule has 5 rings (SSSR count). The lowest BCUT2D eigenvalue weighted by Crippen LogP contribution is -2.17. The third-order valence-electron chi connectivity index (χ3n) is 5.51. The summed E-state index contributed by atoms with van der Waals surface area (Å²) < 4.78 is 49.5. The van der Waals surface area contributed by atoms with E-state index < -0.39 is 18.1 Å². The number of halogens is 4. The number of carboxylic acid groups (broad SMARTS) is 1. The highest BCUT2D eigenvalue weighted by molar-refractivity contribution is 9.10. The Bertz CT molecular complexity index is 1380. The minimum atomic E-state index is -4.82. The first-order valence-electron chi connectivity index (χ1n) is 9.92. The molecule has 3 heterocycles. The van der Waals surface area contributed by atoms with Crippen LogP contribution in [0.5, 0.6) is 5.75 Å². The molecule has 0 spiro atoms. The van der Waals surface area contributed by atoms with Crippen LogP contribution in [0.2, 0.25) is 0 Å². The first kappa shape index (κ1) is 21.5. The third-order valence-corrected chi connectivity index (χ3v) is 5.97. The number of fused-ring (bicyclic) bond motifs is 3. The van der Waals surface area contributed by atoms with Crippen molar-refractivity contribution < 1.29 is 32.3 Å². The lowest BCUT2D eigenvalue weighted by Gasteiger charge is -2.09. The monoisotopic (exact) mass is 521 g/mol. The summed E-state index contributed by atoms with van der Waals surface area (Å²) in [5, 5.41) is 14.0. The molecule has 11 heteroatoms. The quantitative estimate of drug-likeness (QED) is 0.347. The molecule has 0 aliphatic carbocycles. The number of carboxylic acids is 1. The van der Waals surface area contributed by atoms with Crippen molar-refractivity contribution in [3.05, 3.63) is 52.6 Å². The molecule has 1 N–H and O–H groups in total. The average molecular weight is 522 g/mol. The highest BCUT2D eigenvalue weighted by Gasteiger charge is 2.31.